The molecule has 0 radical (unpaired) electrons. The first kappa shape index (κ1) is 13.5. The minimum absolute atomic E-state index is 0.848. The van der Waals surface area contributed by atoms with Gasteiger partial charge in [0.25, 0.3) is 0 Å². The van der Waals surface area contributed by atoms with E-state index in [0.29, 0.717) is 0 Å². The normalized spacial score (nSPS) is 11.5. The second-order valence-electron chi connectivity index (χ2n) is 3.87. The number of methoxy groups -OCH3 is 2. The Labute approximate surface area is 121 Å². The van der Waals surface area contributed by atoms with Gasteiger partial charge in [-0.3, -0.25) is 0 Å². The molecule has 0 atom stereocenters. The predicted molar refractivity (Wildman–Crippen MR) is 80.4 cm³/mol. The van der Waals surface area contributed by atoms with Crippen LogP contribution in [0, 0.1) is 3.57 Å². The molecular formula is C15H15IO2. The van der Waals surface area contributed by atoms with Crippen LogP contribution < -0.4 is 0 Å². The van der Waals surface area contributed by atoms with Crippen molar-refractivity contribution < 1.29 is 9.47 Å². The highest BCUT2D eigenvalue weighted by molar-refractivity contribution is 14.1. The van der Waals surface area contributed by atoms with E-state index in [1.165, 1.54) is 0 Å². The van der Waals surface area contributed by atoms with Crippen LogP contribution in [0.15, 0.2) is 54.6 Å². The molecule has 0 amide bonds. The van der Waals surface area contributed by atoms with Gasteiger partial charge in [0.05, 0.1) is 0 Å². The van der Waals surface area contributed by atoms with Crippen LogP contribution in [0.5, 0.6) is 0 Å². The highest BCUT2D eigenvalue weighted by Gasteiger charge is 2.35. The van der Waals surface area contributed by atoms with Crippen LogP contribution in [0.25, 0.3) is 0 Å². The van der Waals surface area contributed by atoms with E-state index in [4.69, 9.17) is 9.47 Å². The van der Waals surface area contributed by atoms with Gasteiger partial charge in [-0.1, -0.05) is 48.5 Å². The lowest BCUT2D eigenvalue weighted by Gasteiger charge is -2.32. The zero-order valence-corrected chi connectivity index (χ0v) is 12.5. The van der Waals surface area contributed by atoms with Gasteiger partial charge < -0.3 is 9.47 Å². The van der Waals surface area contributed by atoms with Crippen LogP contribution in [0.4, 0.5) is 0 Å². The summed E-state index contributed by atoms with van der Waals surface area (Å²) in [7, 11) is 3.33. The quantitative estimate of drug-likeness (QED) is 0.615. The lowest BCUT2D eigenvalue weighted by molar-refractivity contribution is -0.184. The van der Waals surface area contributed by atoms with Gasteiger partial charge in [-0.25, -0.2) is 0 Å². The zero-order chi connectivity index (χ0) is 13.0. The first-order valence-corrected chi connectivity index (χ1v) is 6.73. The molecule has 0 aliphatic rings. The predicted octanol–water partition coefficient (Wildman–Crippen LogP) is 3.79. The molecule has 2 aromatic carbocycles. The Bertz CT molecular complexity index is 507. The molecule has 0 unspecified atom stereocenters. The largest absolute Gasteiger partial charge is 0.346 e. The Hall–Kier alpha value is -0.910. The van der Waals surface area contributed by atoms with E-state index in [2.05, 4.69) is 22.6 Å². The fourth-order valence-corrected chi connectivity index (χ4v) is 2.82. The van der Waals surface area contributed by atoms with Crippen LogP contribution in [0.3, 0.4) is 0 Å². The van der Waals surface area contributed by atoms with Crippen LogP contribution in [-0.2, 0) is 15.3 Å². The summed E-state index contributed by atoms with van der Waals surface area (Å²) >= 11 is 2.30. The number of hydrogen-bond acceptors (Lipinski definition) is 2. The third-order valence-corrected chi connectivity index (χ3v) is 3.90. The molecule has 0 saturated carbocycles. The second kappa shape index (κ2) is 5.82. The van der Waals surface area contributed by atoms with Gasteiger partial charge in [0, 0.05) is 28.9 Å². The summed E-state index contributed by atoms with van der Waals surface area (Å²) in [5.41, 5.74) is 2.00. The first-order chi connectivity index (χ1) is 8.74. The summed E-state index contributed by atoms with van der Waals surface area (Å²) in [5, 5.41) is 0. The number of halogens is 1. The molecule has 0 aliphatic carbocycles. The summed E-state index contributed by atoms with van der Waals surface area (Å²) in [4.78, 5) is 0. The van der Waals surface area contributed by atoms with Gasteiger partial charge in [-0.15, -0.1) is 0 Å². The summed E-state index contributed by atoms with van der Waals surface area (Å²) in [6, 6.07) is 18.0. The van der Waals surface area contributed by atoms with E-state index in [0.717, 1.165) is 14.7 Å². The molecule has 3 heteroatoms. The second-order valence-corrected chi connectivity index (χ2v) is 5.03. The summed E-state index contributed by atoms with van der Waals surface area (Å²) in [6.45, 7) is 0. The Balaban J connectivity index is 2.62. The third kappa shape index (κ3) is 2.30. The molecule has 2 rings (SSSR count). The van der Waals surface area contributed by atoms with Crippen molar-refractivity contribution in [1.29, 1.82) is 0 Å². The fraction of sp³-hybridized carbons (Fsp3) is 0.200. The van der Waals surface area contributed by atoms with Crippen LogP contribution in [0.1, 0.15) is 11.1 Å². The van der Waals surface area contributed by atoms with E-state index in [9.17, 15) is 0 Å². The van der Waals surface area contributed by atoms with E-state index < -0.39 is 5.79 Å². The smallest absolute Gasteiger partial charge is 0.222 e. The van der Waals surface area contributed by atoms with Crippen LogP contribution >= 0.6 is 22.6 Å². The van der Waals surface area contributed by atoms with E-state index >= 15 is 0 Å². The maximum atomic E-state index is 5.71. The molecule has 2 aromatic rings. The summed E-state index contributed by atoms with van der Waals surface area (Å²) in [5.74, 6) is -0.848. The van der Waals surface area contributed by atoms with Crippen molar-refractivity contribution in [2.45, 2.75) is 5.79 Å². The molecule has 0 saturated heterocycles. The molecule has 0 N–H and O–H groups in total. The van der Waals surface area contributed by atoms with Crippen molar-refractivity contribution in [2.75, 3.05) is 14.2 Å². The molecule has 0 fully saturated rings. The van der Waals surface area contributed by atoms with Gasteiger partial charge in [0.15, 0.2) is 0 Å². The molecule has 94 valence electrons. The standard InChI is InChI=1S/C15H15IO2/c1-17-15(18-2,12-8-4-3-5-9-12)13-10-6-7-11-14(13)16/h3-11H,1-2H3. The molecular weight excluding hydrogens is 339 g/mol. The van der Waals surface area contributed by atoms with E-state index in [-0.39, 0.29) is 0 Å². The zero-order valence-electron chi connectivity index (χ0n) is 10.4. The summed E-state index contributed by atoms with van der Waals surface area (Å²) in [6.07, 6.45) is 0. The Morgan fingerprint density at radius 1 is 0.833 bits per heavy atom. The van der Waals surface area contributed by atoms with Crippen molar-refractivity contribution in [2.24, 2.45) is 0 Å². The van der Waals surface area contributed by atoms with Crippen LogP contribution in [0.2, 0.25) is 0 Å². The molecule has 18 heavy (non-hydrogen) atoms. The lowest BCUT2D eigenvalue weighted by atomic mass is 9.97. The molecule has 0 aliphatic heterocycles. The van der Waals surface area contributed by atoms with Crippen LogP contribution in [-0.4, -0.2) is 14.2 Å². The number of rotatable bonds is 4. The van der Waals surface area contributed by atoms with Gasteiger partial charge in [-0.05, 0) is 28.7 Å². The van der Waals surface area contributed by atoms with Crippen molar-refractivity contribution >= 4 is 22.6 Å². The van der Waals surface area contributed by atoms with Crippen molar-refractivity contribution in [1.82, 2.24) is 0 Å². The Kier molecular flexibility index (Phi) is 4.37. The van der Waals surface area contributed by atoms with Crippen molar-refractivity contribution in [3.8, 4) is 0 Å². The monoisotopic (exact) mass is 354 g/mol. The summed E-state index contributed by atoms with van der Waals surface area (Å²) < 4.78 is 12.5. The van der Waals surface area contributed by atoms with E-state index in [1.807, 2.05) is 54.6 Å². The van der Waals surface area contributed by atoms with Gasteiger partial charge in [0.2, 0.25) is 5.79 Å². The number of hydrogen-bond donors (Lipinski definition) is 0. The van der Waals surface area contributed by atoms with E-state index in [1.54, 1.807) is 14.2 Å². The minimum Gasteiger partial charge on any atom is -0.346 e. The number of ether oxygens (including phenoxy) is 2. The molecule has 0 heterocycles. The first-order valence-electron chi connectivity index (χ1n) is 5.65. The fourth-order valence-electron chi connectivity index (χ4n) is 2.08. The lowest BCUT2D eigenvalue weighted by Crippen LogP contribution is -2.33. The highest BCUT2D eigenvalue weighted by atomic mass is 127. The molecule has 2 nitrogen and oxygen atoms in total. The SMILES string of the molecule is COC(OC)(c1ccccc1)c1ccccc1I. The average Bonchev–Trinajstić information content (AvgIpc) is 2.44. The average molecular weight is 354 g/mol. The van der Waals surface area contributed by atoms with Crippen molar-refractivity contribution in [3.05, 3.63) is 69.3 Å². The molecule has 0 aromatic heterocycles. The molecule has 0 spiro atoms. The van der Waals surface area contributed by atoms with Gasteiger partial charge >= 0.3 is 0 Å². The Morgan fingerprint density at radius 3 is 1.94 bits per heavy atom. The minimum atomic E-state index is -0.848. The van der Waals surface area contributed by atoms with Crippen molar-refractivity contribution in [3.63, 3.8) is 0 Å². The van der Waals surface area contributed by atoms with Gasteiger partial charge in [0.1, 0.15) is 0 Å². The highest BCUT2D eigenvalue weighted by Crippen LogP contribution is 2.36. The maximum Gasteiger partial charge on any atom is 0.222 e. The van der Waals surface area contributed by atoms with Gasteiger partial charge in [-0.2, -0.15) is 0 Å². The molecule has 0 bridgehead atoms. The topological polar surface area (TPSA) is 18.5 Å². The third-order valence-electron chi connectivity index (χ3n) is 2.96. The number of benzene rings is 2. The Morgan fingerprint density at radius 2 is 1.39 bits per heavy atom. The maximum absolute atomic E-state index is 5.71.